The zero-order chi connectivity index (χ0) is 30.4. The van der Waals surface area contributed by atoms with Gasteiger partial charge in [0.1, 0.15) is 5.78 Å². The molecule has 0 spiro atoms. The van der Waals surface area contributed by atoms with Crippen LogP contribution in [0.25, 0.3) is 0 Å². The van der Waals surface area contributed by atoms with E-state index in [1.807, 2.05) is 0 Å². The standard InChI is InChI=1S/C37H66O5/c1-3-36(25-17-11-18-26-36)29-31-41-34(39)23-15-9-5-7-13-21-33(38)22-14-8-6-10-16-24-35(40)42-32-30-37(4-2)27-19-12-20-28-37/h3-32H2,1-2H3. The Balaban J connectivity index is 1.33. The first-order valence-electron chi connectivity index (χ1n) is 18.3. The molecule has 0 N–H and O–H groups in total. The first-order chi connectivity index (χ1) is 20.4. The molecule has 2 aliphatic rings. The second-order valence-electron chi connectivity index (χ2n) is 13.8. The van der Waals surface area contributed by atoms with Gasteiger partial charge in [-0.1, -0.05) is 104 Å². The molecule has 0 radical (unpaired) electrons. The Morgan fingerprint density at radius 2 is 0.810 bits per heavy atom. The van der Waals surface area contributed by atoms with Gasteiger partial charge in [0, 0.05) is 25.7 Å². The lowest BCUT2D eigenvalue weighted by atomic mass is 9.70. The minimum absolute atomic E-state index is 0.0399. The average Bonchev–Trinajstić information content (AvgIpc) is 3.01. The summed E-state index contributed by atoms with van der Waals surface area (Å²) in [6, 6.07) is 0. The molecule has 5 nitrogen and oxygen atoms in total. The number of hydrogen-bond donors (Lipinski definition) is 0. The van der Waals surface area contributed by atoms with Crippen molar-refractivity contribution < 1.29 is 23.9 Å². The monoisotopic (exact) mass is 590 g/mol. The number of carbonyl (C=O) groups is 3. The Morgan fingerprint density at radius 1 is 0.476 bits per heavy atom. The maximum absolute atomic E-state index is 12.2. The molecule has 5 heteroatoms. The third kappa shape index (κ3) is 15.9. The Bertz CT molecular complexity index is 672. The van der Waals surface area contributed by atoms with E-state index in [4.69, 9.17) is 9.47 Å². The zero-order valence-electron chi connectivity index (χ0n) is 27.8. The zero-order valence-corrected chi connectivity index (χ0v) is 27.8. The average molecular weight is 591 g/mol. The van der Waals surface area contributed by atoms with Crippen molar-refractivity contribution in [3.63, 3.8) is 0 Å². The summed E-state index contributed by atoms with van der Waals surface area (Å²) in [4.78, 5) is 36.4. The number of unbranched alkanes of at least 4 members (excludes halogenated alkanes) is 8. The van der Waals surface area contributed by atoms with Gasteiger partial charge in [-0.3, -0.25) is 14.4 Å². The number of esters is 2. The van der Waals surface area contributed by atoms with Crippen LogP contribution >= 0.6 is 0 Å². The van der Waals surface area contributed by atoms with Gasteiger partial charge in [-0.05, 0) is 75.0 Å². The molecule has 42 heavy (non-hydrogen) atoms. The van der Waals surface area contributed by atoms with Crippen LogP contribution in [-0.2, 0) is 23.9 Å². The van der Waals surface area contributed by atoms with Crippen molar-refractivity contribution in [3.8, 4) is 0 Å². The smallest absolute Gasteiger partial charge is 0.305 e. The van der Waals surface area contributed by atoms with Crippen LogP contribution in [0.5, 0.6) is 0 Å². The minimum atomic E-state index is -0.0399. The van der Waals surface area contributed by atoms with Gasteiger partial charge in [-0.15, -0.1) is 0 Å². The highest BCUT2D eigenvalue weighted by molar-refractivity contribution is 5.78. The van der Waals surface area contributed by atoms with E-state index in [2.05, 4.69) is 13.8 Å². The van der Waals surface area contributed by atoms with Crippen molar-refractivity contribution in [3.05, 3.63) is 0 Å². The fraction of sp³-hybridized carbons (Fsp3) is 0.919. The molecular formula is C37H66O5. The fourth-order valence-electron chi connectivity index (χ4n) is 7.44. The van der Waals surface area contributed by atoms with Crippen molar-refractivity contribution in [2.45, 2.75) is 194 Å². The number of rotatable bonds is 24. The molecule has 0 aliphatic heterocycles. The molecule has 2 rings (SSSR count). The van der Waals surface area contributed by atoms with Crippen LogP contribution < -0.4 is 0 Å². The van der Waals surface area contributed by atoms with Gasteiger partial charge in [0.15, 0.2) is 0 Å². The molecule has 0 aromatic heterocycles. The second-order valence-corrected chi connectivity index (χ2v) is 13.8. The third-order valence-corrected chi connectivity index (χ3v) is 10.8. The van der Waals surface area contributed by atoms with Crippen LogP contribution in [0.3, 0.4) is 0 Å². The molecule has 0 bridgehead atoms. The van der Waals surface area contributed by atoms with Crippen LogP contribution in [0.4, 0.5) is 0 Å². The molecule has 0 aromatic carbocycles. The molecule has 244 valence electrons. The van der Waals surface area contributed by atoms with Gasteiger partial charge in [0.05, 0.1) is 13.2 Å². The van der Waals surface area contributed by atoms with E-state index in [1.54, 1.807) is 0 Å². The van der Waals surface area contributed by atoms with E-state index < -0.39 is 0 Å². The van der Waals surface area contributed by atoms with E-state index in [9.17, 15) is 14.4 Å². The molecule has 0 unspecified atom stereocenters. The summed E-state index contributed by atoms with van der Waals surface area (Å²) >= 11 is 0. The maximum atomic E-state index is 12.2. The largest absolute Gasteiger partial charge is 0.466 e. The van der Waals surface area contributed by atoms with Crippen LogP contribution in [0.15, 0.2) is 0 Å². The predicted molar refractivity (Wildman–Crippen MR) is 172 cm³/mol. The first-order valence-corrected chi connectivity index (χ1v) is 18.3. The summed E-state index contributed by atoms with van der Waals surface area (Å²) in [6.07, 6.45) is 30.2. The number of ether oxygens (including phenoxy) is 2. The molecule has 2 fully saturated rings. The number of Topliss-reactive ketones (excluding diaryl/α,β-unsaturated/α-hetero) is 1. The lowest BCUT2D eigenvalue weighted by molar-refractivity contribution is -0.145. The summed E-state index contributed by atoms with van der Waals surface area (Å²) < 4.78 is 11.1. The van der Waals surface area contributed by atoms with Gasteiger partial charge >= 0.3 is 11.9 Å². The Labute approximate surface area is 259 Å². The first kappa shape index (κ1) is 36.8. The molecule has 0 amide bonds. The highest BCUT2D eigenvalue weighted by atomic mass is 16.5. The SMILES string of the molecule is CCC1(CCOC(=O)CCCCCCCC(=O)CCCCCCCC(=O)OCCC2(CC)CCCCC2)CCCCC1. The van der Waals surface area contributed by atoms with E-state index >= 15 is 0 Å². The molecule has 0 heterocycles. The summed E-state index contributed by atoms with van der Waals surface area (Å²) in [6.45, 7) is 5.74. The summed E-state index contributed by atoms with van der Waals surface area (Å²) in [5.74, 6) is 0.302. The molecule has 0 saturated heterocycles. The van der Waals surface area contributed by atoms with Crippen molar-refractivity contribution >= 4 is 17.7 Å². The van der Waals surface area contributed by atoms with E-state index in [0.29, 0.717) is 55.5 Å². The van der Waals surface area contributed by atoms with E-state index in [-0.39, 0.29) is 11.9 Å². The fourth-order valence-corrected chi connectivity index (χ4v) is 7.44. The molecule has 0 aromatic rings. The number of ketones is 1. The topological polar surface area (TPSA) is 69.7 Å². The van der Waals surface area contributed by atoms with Crippen LogP contribution in [0.2, 0.25) is 0 Å². The van der Waals surface area contributed by atoms with Gasteiger partial charge in [-0.25, -0.2) is 0 Å². The van der Waals surface area contributed by atoms with Crippen LogP contribution in [0.1, 0.15) is 194 Å². The predicted octanol–water partition coefficient (Wildman–Crippen LogP) is 10.6. The summed E-state index contributed by atoms with van der Waals surface area (Å²) in [7, 11) is 0. The lowest BCUT2D eigenvalue weighted by Crippen LogP contribution is -2.25. The van der Waals surface area contributed by atoms with Crippen molar-refractivity contribution in [1.82, 2.24) is 0 Å². The molecule has 0 atom stereocenters. The number of hydrogen-bond acceptors (Lipinski definition) is 5. The Morgan fingerprint density at radius 3 is 1.17 bits per heavy atom. The maximum Gasteiger partial charge on any atom is 0.305 e. The number of carbonyl (C=O) groups excluding carboxylic acids is 3. The van der Waals surface area contributed by atoms with Crippen molar-refractivity contribution in [2.24, 2.45) is 10.8 Å². The quantitative estimate of drug-likeness (QED) is 0.0826. The van der Waals surface area contributed by atoms with Gasteiger partial charge in [-0.2, -0.15) is 0 Å². The van der Waals surface area contributed by atoms with Gasteiger partial charge < -0.3 is 9.47 Å². The van der Waals surface area contributed by atoms with Crippen LogP contribution in [-0.4, -0.2) is 30.9 Å². The Hall–Kier alpha value is -1.39. The van der Waals surface area contributed by atoms with Gasteiger partial charge in [0.2, 0.25) is 0 Å². The Kier molecular flexibility index (Phi) is 19.4. The van der Waals surface area contributed by atoms with E-state index in [0.717, 1.165) is 77.0 Å². The normalized spacial score (nSPS) is 18.0. The van der Waals surface area contributed by atoms with Gasteiger partial charge in [0.25, 0.3) is 0 Å². The molecule has 2 saturated carbocycles. The summed E-state index contributed by atoms with van der Waals surface area (Å²) in [5.41, 5.74) is 0.831. The lowest BCUT2D eigenvalue weighted by Gasteiger charge is -2.36. The minimum Gasteiger partial charge on any atom is -0.466 e. The highest BCUT2D eigenvalue weighted by Crippen LogP contribution is 2.43. The van der Waals surface area contributed by atoms with E-state index in [1.165, 1.54) is 77.0 Å². The summed E-state index contributed by atoms with van der Waals surface area (Å²) in [5, 5.41) is 0. The van der Waals surface area contributed by atoms with Crippen molar-refractivity contribution in [2.75, 3.05) is 13.2 Å². The third-order valence-electron chi connectivity index (χ3n) is 10.8. The second kappa shape index (κ2) is 22.2. The highest BCUT2D eigenvalue weighted by Gasteiger charge is 2.31. The van der Waals surface area contributed by atoms with Crippen LogP contribution in [0, 0.1) is 10.8 Å². The van der Waals surface area contributed by atoms with Crippen molar-refractivity contribution in [1.29, 1.82) is 0 Å². The molecular weight excluding hydrogens is 524 g/mol. The molecule has 2 aliphatic carbocycles.